The standard InChI is InChI=1S/C16H23BrN2O2/c1-2-14-7-3-4-10-19(14)16(20)18-9-11-21-15-8-5-6-13(17)12-15/h5-6,8,12,14H,2-4,7,9-11H2,1H3,(H,18,20). The van der Waals surface area contributed by atoms with Crippen LogP contribution in [0.15, 0.2) is 28.7 Å². The van der Waals surface area contributed by atoms with Crippen LogP contribution < -0.4 is 10.1 Å². The summed E-state index contributed by atoms with van der Waals surface area (Å²) in [4.78, 5) is 14.2. The Bertz CT molecular complexity index is 467. The van der Waals surface area contributed by atoms with E-state index in [1.807, 2.05) is 29.2 Å². The van der Waals surface area contributed by atoms with Gasteiger partial charge in [0.2, 0.25) is 0 Å². The van der Waals surface area contributed by atoms with E-state index >= 15 is 0 Å². The van der Waals surface area contributed by atoms with Gasteiger partial charge in [0.25, 0.3) is 0 Å². The molecule has 0 aliphatic carbocycles. The van der Waals surface area contributed by atoms with Gasteiger partial charge in [0.1, 0.15) is 12.4 Å². The van der Waals surface area contributed by atoms with Crippen LogP contribution in [0.5, 0.6) is 5.75 Å². The summed E-state index contributed by atoms with van der Waals surface area (Å²) in [6, 6.07) is 8.14. The molecular weight excluding hydrogens is 332 g/mol. The highest BCUT2D eigenvalue weighted by Crippen LogP contribution is 2.19. The van der Waals surface area contributed by atoms with E-state index in [0.717, 1.165) is 36.0 Å². The number of carbonyl (C=O) groups excluding carboxylic acids is 1. The molecule has 1 heterocycles. The van der Waals surface area contributed by atoms with Crippen molar-refractivity contribution in [1.29, 1.82) is 0 Å². The van der Waals surface area contributed by atoms with Crippen LogP contribution in [0.3, 0.4) is 0 Å². The van der Waals surface area contributed by atoms with Crippen LogP contribution in [0.1, 0.15) is 32.6 Å². The highest BCUT2D eigenvalue weighted by atomic mass is 79.9. The number of nitrogens with one attached hydrogen (secondary N) is 1. The highest BCUT2D eigenvalue weighted by Gasteiger charge is 2.24. The molecule has 0 aromatic heterocycles. The molecule has 4 nitrogen and oxygen atoms in total. The molecule has 1 aromatic rings. The number of amides is 2. The molecule has 2 amide bonds. The summed E-state index contributed by atoms with van der Waals surface area (Å²) in [5, 5.41) is 2.95. The minimum Gasteiger partial charge on any atom is -0.492 e. The average Bonchev–Trinajstić information content (AvgIpc) is 2.51. The third-order valence-electron chi connectivity index (χ3n) is 3.80. The Kier molecular flexibility index (Phi) is 6.36. The first-order chi connectivity index (χ1) is 10.2. The molecule has 1 aromatic carbocycles. The fraction of sp³-hybridized carbons (Fsp3) is 0.562. The van der Waals surface area contributed by atoms with Gasteiger partial charge in [0.15, 0.2) is 0 Å². The van der Waals surface area contributed by atoms with E-state index in [0.29, 0.717) is 19.2 Å². The third-order valence-corrected chi connectivity index (χ3v) is 4.30. The molecule has 0 spiro atoms. The topological polar surface area (TPSA) is 41.6 Å². The Morgan fingerprint density at radius 3 is 3.10 bits per heavy atom. The van der Waals surface area contributed by atoms with Gasteiger partial charge in [-0.3, -0.25) is 0 Å². The van der Waals surface area contributed by atoms with Gasteiger partial charge in [0.05, 0.1) is 6.54 Å². The van der Waals surface area contributed by atoms with Crippen molar-refractivity contribution in [3.8, 4) is 5.75 Å². The summed E-state index contributed by atoms with van der Waals surface area (Å²) in [5.74, 6) is 0.808. The Balaban J connectivity index is 1.71. The zero-order valence-electron chi connectivity index (χ0n) is 12.5. The summed E-state index contributed by atoms with van der Waals surface area (Å²) in [5.41, 5.74) is 0. The summed E-state index contributed by atoms with van der Waals surface area (Å²) in [6.45, 7) is 4.02. The Morgan fingerprint density at radius 1 is 1.48 bits per heavy atom. The Labute approximate surface area is 135 Å². The molecular formula is C16H23BrN2O2. The lowest BCUT2D eigenvalue weighted by atomic mass is 10.0. The van der Waals surface area contributed by atoms with Gasteiger partial charge in [-0.25, -0.2) is 4.79 Å². The molecule has 1 fully saturated rings. The van der Waals surface area contributed by atoms with E-state index in [1.165, 1.54) is 6.42 Å². The lowest BCUT2D eigenvalue weighted by molar-refractivity contribution is 0.147. The number of halogens is 1. The average molecular weight is 355 g/mol. The SMILES string of the molecule is CCC1CCCCN1C(=O)NCCOc1cccc(Br)c1. The van der Waals surface area contributed by atoms with Crippen molar-refractivity contribution >= 4 is 22.0 Å². The number of benzene rings is 1. The van der Waals surface area contributed by atoms with Gasteiger partial charge in [0, 0.05) is 17.1 Å². The van der Waals surface area contributed by atoms with Crippen LogP contribution in [0.2, 0.25) is 0 Å². The number of hydrogen-bond donors (Lipinski definition) is 1. The first kappa shape index (κ1) is 16.1. The van der Waals surface area contributed by atoms with Crippen LogP contribution >= 0.6 is 15.9 Å². The van der Waals surface area contributed by atoms with Gasteiger partial charge < -0.3 is 15.0 Å². The summed E-state index contributed by atoms with van der Waals surface area (Å²) < 4.78 is 6.60. The maximum Gasteiger partial charge on any atom is 0.317 e. The predicted molar refractivity (Wildman–Crippen MR) is 87.7 cm³/mol. The van der Waals surface area contributed by atoms with Crippen molar-refractivity contribution in [2.75, 3.05) is 19.7 Å². The maximum absolute atomic E-state index is 12.2. The first-order valence-electron chi connectivity index (χ1n) is 7.63. The number of piperidine rings is 1. The minimum atomic E-state index is 0.0411. The van der Waals surface area contributed by atoms with E-state index in [2.05, 4.69) is 28.2 Å². The van der Waals surface area contributed by atoms with Gasteiger partial charge in [-0.1, -0.05) is 28.9 Å². The summed E-state index contributed by atoms with van der Waals surface area (Å²) in [6.07, 6.45) is 4.49. The monoisotopic (exact) mass is 354 g/mol. The van der Waals surface area contributed by atoms with Crippen molar-refractivity contribution in [2.24, 2.45) is 0 Å². The van der Waals surface area contributed by atoms with Crippen molar-refractivity contribution in [3.05, 3.63) is 28.7 Å². The van der Waals surface area contributed by atoms with Crippen molar-refractivity contribution < 1.29 is 9.53 Å². The van der Waals surface area contributed by atoms with Crippen LogP contribution in [0, 0.1) is 0 Å². The number of urea groups is 1. The van der Waals surface area contributed by atoms with Crippen LogP contribution in [-0.4, -0.2) is 36.7 Å². The molecule has 1 unspecified atom stereocenters. The Hall–Kier alpha value is -1.23. The van der Waals surface area contributed by atoms with E-state index in [4.69, 9.17) is 4.74 Å². The van der Waals surface area contributed by atoms with Crippen molar-refractivity contribution in [3.63, 3.8) is 0 Å². The van der Waals surface area contributed by atoms with Crippen LogP contribution in [-0.2, 0) is 0 Å². The molecule has 1 saturated heterocycles. The van der Waals surface area contributed by atoms with E-state index in [-0.39, 0.29) is 6.03 Å². The molecule has 0 bridgehead atoms. The van der Waals surface area contributed by atoms with Gasteiger partial charge in [-0.05, 0) is 43.9 Å². The van der Waals surface area contributed by atoms with Crippen molar-refractivity contribution in [1.82, 2.24) is 10.2 Å². The zero-order chi connectivity index (χ0) is 15.1. The fourth-order valence-electron chi connectivity index (χ4n) is 2.68. The molecule has 21 heavy (non-hydrogen) atoms. The fourth-order valence-corrected chi connectivity index (χ4v) is 3.06. The third kappa shape index (κ3) is 4.92. The van der Waals surface area contributed by atoms with E-state index in [9.17, 15) is 4.79 Å². The quantitative estimate of drug-likeness (QED) is 0.817. The molecule has 1 aliphatic heterocycles. The number of hydrogen-bond acceptors (Lipinski definition) is 2. The largest absolute Gasteiger partial charge is 0.492 e. The van der Waals surface area contributed by atoms with Gasteiger partial charge in [-0.2, -0.15) is 0 Å². The molecule has 0 saturated carbocycles. The number of rotatable bonds is 5. The second kappa shape index (κ2) is 8.27. The molecule has 1 aliphatic rings. The summed E-state index contributed by atoms with van der Waals surface area (Å²) >= 11 is 3.40. The molecule has 1 N–H and O–H groups in total. The van der Waals surface area contributed by atoms with Gasteiger partial charge >= 0.3 is 6.03 Å². The molecule has 2 rings (SSSR count). The zero-order valence-corrected chi connectivity index (χ0v) is 14.1. The lowest BCUT2D eigenvalue weighted by Gasteiger charge is -2.35. The second-order valence-electron chi connectivity index (χ2n) is 5.29. The van der Waals surface area contributed by atoms with Crippen molar-refractivity contribution in [2.45, 2.75) is 38.6 Å². The lowest BCUT2D eigenvalue weighted by Crippen LogP contribution is -2.49. The predicted octanol–water partition coefficient (Wildman–Crippen LogP) is 3.80. The first-order valence-corrected chi connectivity index (χ1v) is 8.43. The number of likely N-dealkylation sites (tertiary alicyclic amines) is 1. The molecule has 0 radical (unpaired) electrons. The van der Waals surface area contributed by atoms with Crippen LogP contribution in [0.25, 0.3) is 0 Å². The number of ether oxygens (including phenoxy) is 1. The van der Waals surface area contributed by atoms with E-state index < -0.39 is 0 Å². The molecule has 116 valence electrons. The number of nitrogens with zero attached hydrogens (tertiary/aromatic N) is 1. The molecule has 1 atom stereocenters. The minimum absolute atomic E-state index is 0.0411. The summed E-state index contributed by atoms with van der Waals surface area (Å²) in [7, 11) is 0. The highest BCUT2D eigenvalue weighted by molar-refractivity contribution is 9.10. The second-order valence-corrected chi connectivity index (χ2v) is 6.20. The molecule has 5 heteroatoms. The normalized spacial score (nSPS) is 18.4. The number of carbonyl (C=O) groups is 1. The maximum atomic E-state index is 12.2. The van der Waals surface area contributed by atoms with Crippen LogP contribution in [0.4, 0.5) is 4.79 Å². The Morgan fingerprint density at radius 2 is 2.33 bits per heavy atom. The van der Waals surface area contributed by atoms with E-state index in [1.54, 1.807) is 0 Å². The van der Waals surface area contributed by atoms with Gasteiger partial charge in [-0.15, -0.1) is 0 Å². The smallest absolute Gasteiger partial charge is 0.317 e.